The Labute approximate surface area is 116 Å². The van der Waals surface area contributed by atoms with Crippen molar-refractivity contribution >= 4 is 11.3 Å². The van der Waals surface area contributed by atoms with Crippen molar-refractivity contribution in [2.45, 2.75) is 19.0 Å². The normalized spacial score (nSPS) is 23.4. The molecule has 1 fully saturated rings. The number of rotatable bonds is 4. The number of hydrogen-bond donors (Lipinski definition) is 0. The van der Waals surface area contributed by atoms with E-state index in [1.54, 1.807) is 11.3 Å². The van der Waals surface area contributed by atoms with Crippen LogP contribution in [0.25, 0.3) is 0 Å². The van der Waals surface area contributed by atoms with Crippen LogP contribution in [0.15, 0.2) is 47.8 Å². The summed E-state index contributed by atoms with van der Waals surface area (Å²) >= 11 is 1.70. The van der Waals surface area contributed by atoms with Crippen LogP contribution in [0.1, 0.15) is 16.7 Å². The molecular formula is C15H16O3S. The van der Waals surface area contributed by atoms with Gasteiger partial charge in [0.05, 0.1) is 19.8 Å². The summed E-state index contributed by atoms with van der Waals surface area (Å²) in [5.41, 5.74) is 1.05. The van der Waals surface area contributed by atoms with Gasteiger partial charge >= 0.3 is 0 Å². The van der Waals surface area contributed by atoms with Crippen molar-refractivity contribution in [1.29, 1.82) is 0 Å². The summed E-state index contributed by atoms with van der Waals surface area (Å²) in [5, 5.41) is 2.05. The zero-order valence-corrected chi connectivity index (χ0v) is 11.3. The van der Waals surface area contributed by atoms with Gasteiger partial charge in [-0.15, -0.1) is 11.3 Å². The van der Waals surface area contributed by atoms with Crippen molar-refractivity contribution in [2.75, 3.05) is 13.2 Å². The molecule has 2 heterocycles. The molecule has 0 amide bonds. The predicted molar refractivity (Wildman–Crippen MR) is 74.0 cm³/mol. The maximum atomic E-state index is 5.77. The van der Waals surface area contributed by atoms with Crippen molar-refractivity contribution in [1.82, 2.24) is 0 Å². The van der Waals surface area contributed by atoms with Crippen LogP contribution in [-0.4, -0.2) is 19.3 Å². The van der Waals surface area contributed by atoms with Crippen molar-refractivity contribution < 1.29 is 14.2 Å². The summed E-state index contributed by atoms with van der Waals surface area (Å²) < 4.78 is 17.2. The topological polar surface area (TPSA) is 27.7 Å². The van der Waals surface area contributed by atoms with Crippen LogP contribution in [0.4, 0.5) is 0 Å². The first-order chi connectivity index (χ1) is 9.42. The van der Waals surface area contributed by atoms with Crippen molar-refractivity contribution in [3.05, 3.63) is 58.3 Å². The van der Waals surface area contributed by atoms with Crippen LogP contribution >= 0.6 is 11.3 Å². The third-order valence-corrected chi connectivity index (χ3v) is 3.83. The molecule has 1 aliphatic heterocycles. The molecular weight excluding hydrogens is 260 g/mol. The van der Waals surface area contributed by atoms with Gasteiger partial charge in [0.1, 0.15) is 6.10 Å². The maximum absolute atomic E-state index is 5.77. The Hall–Kier alpha value is -1.20. The highest BCUT2D eigenvalue weighted by molar-refractivity contribution is 7.09. The molecule has 0 radical (unpaired) electrons. The molecule has 3 nitrogen and oxygen atoms in total. The Balaban J connectivity index is 1.47. The van der Waals surface area contributed by atoms with Gasteiger partial charge in [-0.2, -0.15) is 0 Å². The van der Waals surface area contributed by atoms with E-state index in [0.29, 0.717) is 19.8 Å². The van der Waals surface area contributed by atoms with E-state index >= 15 is 0 Å². The van der Waals surface area contributed by atoms with Crippen LogP contribution < -0.4 is 0 Å². The fourth-order valence-electron chi connectivity index (χ4n) is 1.98. The Morgan fingerprint density at radius 2 is 1.84 bits per heavy atom. The molecule has 4 heteroatoms. The highest BCUT2D eigenvalue weighted by Crippen LogP contribution is 2.24. The van der Waals surface area contributed by atoms with Crippen LogP contribution in [-0.2, 0) is 20.8 Å². The van der Waals surface area contributed by atoms with Gasteiger partial charge < -0.3 is 14.2 Å². The molecule has 19 heavy (non-hydrogen) atoms. The summed E-state index contributed by atoms with van der Waals surface area (Å²) in [6, 6.07) is 14.1. The highest BCUT2D eigenvalue weighted by atomic mass is 32.1. The molecule has 0 saturated carbocycles. The molecule has 1 saturated heterocycles. The molecule has 0 atom stereocenters. The molecule has 100 valence electrons. The summed E-state index contributed by atoms with van der Waals surface area (Å²) in [7, 11) is 0. The standard InChI is InChI=1S/C15H16O3S/c1-2-5-12(6-3-1)15-17-9-13(10-18-15)16-11-14-7-4-8-19-14/h1-8,13,15H,9-11H2. The van der Waals surface area contributed by atoms with E-state index in [-0.39, 0.29) is 12.4 Å². The lowest BCUT2D eigenvalue weighted by Crippen LogP contribution is -2.33. The summed E-state index contributed by atoms with van der Waals surface area (Å²) in [6.45, 7) is 1.78. The van der Waals surface area contributed by atoms with E-state index in [1.165, 1.54) is 4.88 Å². The number of benzene rings is 1. The minimum atomic E-state index is -0.261. The second-order valence-electron chi connectivity index (χ2n) is 4.42. The Bertz CT molecular complexity index is 475. The van der Waals surface area contributed by atoms with Crippen LogP contribution in [0.3, 0.4) is 0 Å². The lowest BCUT2D eigenvalue weighted by molar-refractivity contribution is -0.232. The van der Waals surface area contributed by atoms with Gasteiger partial charge in [-0.3, -0.25) is 0 Å². The second-order valence-corrected chi connectivity index (χ2v) is 5.45. The average molecular weight is 276 g/mol. The molecule has 1 aromatic carbocycles. The lowest BCUT2D eigenvalue weighted by Gasteiger charge is -2.29. The van der Waals surface area contributed by atoms with Crippen LogP contribution in [0.5, 0.6) is 0 Å². The smallest absolute Gasteiger partial charge is 0.184 e. The molecule has 2 aromatic rings. The third kappa shape index (κ3) is 3.42. The summed E-state index contributed by atoms with van der Waals surface area (Å²) in [5.74, 6) is 0. The van der Waals surface area contributed by atoms with E-state index in [9.17, 15) is 0 Å². The molecule has 0 bridgehead atoms. The predicted octanol–water partition coefficient (Wildman–Crippen LogP) is 3.38. The first-order valence-corrected chi connectivity index (χ1v) is 7.22. The summed E-state index contributed by atoms with van der Waals surface area (Å²) in [6.07, 6.45) is -0.246. The van der Waals surface area contributed by atoms with Crippen molar-refractivity contribution in [2.24, 2.45) is 0 Å². The first-order valence-electron chi connectivity index (χ1n) is 6.34. The monoisotopic (exact) mass is 276 g/mol. The molecule has 0 N–H and O–H groups in total. The van der Waals surface area contributed by atoms with Gasteiger partial charge in [0.15, 0.2) is 6.29 Å². The van der Waals surface area contributed by atoms with E-state index in [4.69, 9.17) is 14.2 Å². The van der Waals surface area contributed by atoms with Crippen molar-refractivity contribution in [3.63, 3.8) is 0 Å². The van der Waals surface area contributed by atoms with Crippen molar-refractivity contribution in [3.8, 4) is 0 Å². The van der Waals surface area contributed by atoms with Gasteiger partial charge in [0, 0.05) is 10.4 Å². The Kier molecular flexibility index (Phi) is 4.25. The maximum Gasteiger partial charge on any atom is 0.184 e. The minimum absolute atomic E-state index is 0.0158. The second kappa shape index (κ2) is 6.30. The quantitative estimate of drug-likeness (QED) is 0.857. The largest absolute Gasteiger partial charge is 0.368 e. The van der Waals surface area contributed by atoms with Crippen LogP contribution in [0.2, 0.25) is 0 Å². The van der Waals surface area contributed by atoms with Gasteiger partial charge in [-0.1, -0.05) is 36.4 Å². The molecule has 0 spiro atoms. The number of hydrogen-bond acceptors (Lipinski definition) is 4. The fourth-order valence-corrected chi connectivity index (χ4v) is 2.60. The Morgan fingerprint density at radius 3 is 2.53 bits per heavy atom. The average Bonchev–Trinajstić information content (AvgIpc) is 3.00. The fraction of sp³-hybridized carbons (Fsp3) is 0.333. The highest BCUT2D eigenvalue weighted by Gasteiger charge is 2.23. The van der Waals surface area contributed by atoms with Gasteiger partial charge in [-0.05, 0) is 11.4 Å². The number of thiophene rings is 1. The number of ether oxygens (including phenoxy) is 3. The molecule has 1 aromatic heterocycles. The lowest BCUT2D eigenvalue weighted by atomic mass is 10.2. The zero-order valence-electron chi connectivity index (χ0n) is 10.5. The van der Waals surface area contributed by atoms with Gasteiger partial charge in [0.2, 0.25) is 0 Å². The third-order valence-electron chi connectivity index (χ3n) is 2.98. The first kappa shape index (κ1) is 12.8. The van der Waals surface area contributed by atoms with E-state index < -0.39 is 0 Å². The Morgan fingerprint density at radius 1 is 1.05 bits per heavy atom. The molecule has 1 aliphatic rings. The van der Waals surface area contributed by atoms with E-state index in [1.807, 2.05) is 36.4 Å². The zero-order chi connectivity index (χ0) is 12.9. The molecule has 0 aliphatic carbocycles. The molecule has 0 unspecified atom stereocenters. The van der Waals surface area contributed by atoms with E-state index in [2.05, 4.69) is 11.4 Å². The minimum Gasteiger partial charge on any atom is -0.368 e. The SMILES string of the molecule is c1ccc(C2OCC(OCc3cccs3)CO2)cc1. The van der Waals surface area contributed by atoms with Gasteiger partial charge in [0.25, 0.3) is 0 Å². The molecule has 3 rings (SSSR count). The summed E-state index contributed by atoms with van der Waals surface area (Å²) in [4.78, 5) is 1.23. The van der Waals surface area contributed by atoms with E-state index in [0.717, 1.165) is 5.56 Å². The van der Waals surface area contributed by atoms with Crippen LogP contribution in [0, 0.1) is 0 Å². The van der Waals surface area contributed by atoms with Gasteiger partial charge in [-0.25, -0.2) is 0 Å².